The van der Waals surface area contributed by atoms with Gasteiger partial charge in [0.15, 0.2) is 23.3 Å². The van der Waals surface area contributed by atoms with Crippen molar-refractivity contribution in [2.45, 2.75) is 0 Å². The molecule has 8 nitrogen and oxygen atoms in total. The minimum absolute atomic E-state index is 0.0534. The Bertz CT molecular complexity index is 5080. The third-order valence-electron chi connectivity index (χ3n) is 17.2. The number of benzene rings is 12. The van der Waals surface area contributed by atoms with Crippen molar-refractivity contribution in [2.75, 3.05) is 9.80 Å². The van der Waals surface area contributed by atoms with Crippen LogP contribution in [-0.2, 0) is 0 Å². The molecule has 410 valence electrons. The zero-order valence-electron chi connectivity index (χ0n) is 47.6. The van der Waals surface area contributed by atoms with Gasteiger partial charge in [0.1, 0.15) is 0 Å². The van der Waals surface area contributed by atoms with Gasteiger partial charge in [-0.05, 0) is 119 Å². The highest BCUT2D eigenvalue weighted by atomic mass is 15.2. The van der Waals surface area contributed by atoms with Crippen molar-refractivity contribution in [3.8, 4) is 84.9 Å². The molecule has 0 saturated carbocycles. The lowest BCUT2D eigenvalue weighted by Crippen LogP contribution is -2.61. The van der Waals surface area contributed by atoms with Gasteiger partial charge in [-0.15, -0.1) is 0 Å². The maximum Gasteiger partial charge on any atom is 0.252 e. The molecule has 5 heterocycles. The SMILES string of the molecule is c1ccc(-c2cc(-c3cccc(-c4cccc(N5c6ccccc6B6c7ccccc7N(c7ccccc7)c7cccc5c76)c4)c3)nc(-c3cc(-c4nc(-c5ccccc5)nc(-c5ccccc5)n4)ccc3-n3c4ccccc4c4ccccc43)n2)cc1. The maximum atomic E-state index is 5.65. The number of nitrogens with zero attached hydrogens (tertiary/aromatic N) is 8. The molecule has 12 aromatic carbocycles. The van der Waals surface area contributed by atoms with Crippen LogP contribution in [0.3, 0.4) is 0 Å². The van der Waals surface area contributed by atoms with Crippen molar-refractivity contribution in [1.82, 2.24) is 29.5 Å². The molecule has 0 unspecified atom stereocenters. The van der Waals surface area contributed by atoms with Crippen LogP contribution in [-0.4, -0.2) is 36.2 Å². The fraction of sp³-hybridized carbons (Fsp3) is 0. The third-order valence-corrected chi connectivity index (χ3v) is 17.2. The lowest BCUT2D eigenvalue weighted by molar-refractivity contribution is 1.07. The molecule has 2 aliphatic rings. The summed E-state index contributed by atoms with van der Waals surface area (Å²) in [4.78, 5) is 31.6. The van der Waals surface area contributed by atoms with Gasteiger partial charge < -0.3 is 14.4 Å². The molecule has 0 atom stereocenters. The summed E-state index contributed by atoms with van der Waals surface area (Å²) in [6.07, 6.45) is 0. The van der Waals surface area contributed by atoms with E-state index in [0.29, 0.717) is 23.3 Å². The molecule has 0 fully saturated rings. The summed E-state index contributed by atoms with van der Waals surface area (Å²) < 4.78 is 2.35. The number of fused-ring (bicyclic) bond motifs is 7. The first-order chi connectivity index (χ1) is 43.6. The van der Waals surface area contributed by atoms with Crippen LogP contribution in [0.5, 0.6) is 0 Å². The molecule has 0 aliphatic carbocycles. The highest BCUT2D eigenvalue weighted by Gasteiger charge is 2.43. The van der Waals surface area contributed by atoms with E-state index < -0.39 is 0 Å². The first kappa shape index (κ1) is 50.7. The first-order valence-corrected chi connectivity index (χ1v) is 29.8. The van der Waals surface area contributed by atoms with Crippen molar-refractivity contribution in [2.24, 2.45) is 0 Å². The van der Waals surface area contributed by atoms with E-state index in [9.17, 15) is 0 Å². The monoisotopic (exact) mass is 1120 g/mol. The molecular weight excluding hydrogens is 1070 g/mol. The number of para-hydroxylation sites is 5. The predicted octanol–water partition coefficient (Wildman–Crippen LogP) is 17.5. The number of anilines is 6. The van der Waals surface area contributed by atoms with Crippen LogP contribution in [0.4, 0.5) is 34.1 Å². The average Bonchev–Trinajstić information content (AvgIpc) is 0.938. The largest absolute Gasteiger partial charge is 0.311 e. The van der Waals surface area contributed by atoms with Gasteiger partial charge in [0.2, 0.25) is 0 Å². The van der Waals surface area contributed by atoms with E-state index in [1.54, 1.807) is 0 Å². The van der Waals surface area contributed by atoms with Crippen LogP contribution in [0, 0.1) is 0 Å². The molecule has 0 saturated heterocycles. The van der Waals surface area contributed by atoms with E-state index in [2.05, 4.69) is 257 Å². The van der Waals surface area contributed by atoms with Crippen LogP contribution in [0.1, 0.15) is 0 Å². The normalized spacial score (nSPS) is 12.2. The van der Waals surface area contributed by atoms with E-state index in [4.69, 9.17) is 24.9 Å². The maximum absolute atomic E-state index is 5.65. The third kappa shape index (κ3) is 8.58. The van der Waals surface area contributed by atoms with Gasteiger partial charge in [-0.2, -0.15) is 0 Å². The van der Waals surface area contributed by atoms with Gasteiger partial charge in [0.25, 0.3) is 6.71 Å². The Morgan fingerprint density at radius 3 is 1.30 bits per heavy atom. The summed E-state index contributed by atoms with van der Waals surface area (Å²) in [6, 6.07) is 110. The van der Waals surface area contributed by atoms with Gasteiger partial charge >= 0.3 is 0 Å². The summed E-state index contributed by atoms with van der Waals surface area (Å²) >= 11 is 0. The van der Waals surface area contributed by atoms with Crippen LogP contribution in [0.15, 0.2) is 309 Å². The summed E-state index contributed by atoms with van der Waals surface area (Å²) in [7, 11) is 0. The smallest absolute Gasteiger partial charge is 0.252 e. The van der Waals surface area contributed by atoms with Crippen LogP contribution in [0.2, 0.25) is 0 Å². The quantitative estimate of drug-likeness (QED) is 0.126. The summed E-state index contributed by atoms with van der Waals surface area (Å²) in [5, 5.41) is 2.31. The van der Waals surface area contributed by atoms with E-state index in [1.807, 2.05) is 66.7 Å². The molecule has 0 bridgehead atoms. The number of aromatic nitrogens is 6. The molecule has 0 N–H and O–H groups in total. The summed E-state index contributed by atoms with van der Waals surface area (Å²) in [5.74, 6) is 2.27. The lowest BCUT2D eigenvalue weighted by Gasteiger charge is -2.44. The zero-order chi connectivity index (χ0) is 58.1. The van der Waals surface area contributed by atoms with Gasteiger partial charge in [0.05, 0.1) is 28.1 Å². The second-order valence-corrected chi connectivity index (χ2v) is 22.4. The number of hydrogen-bond acceptors (Lipinski definition) is 7. The molecule has 9 heteroatoms. The lowest BCUT2D eigenvalue weighted by atomic mass is 9.33. The molecule has 88 heavy (non-hydrogen) atoms. The van der Waals surface area contributed by atoms with Gasteiger partial charge in [-0.25, -0.2) is 24.9 Å². The van der Waals surface area contributed by atoms with Crippen molar-refractivity contribution in [1.29, 1.82) is 0 Å². The zero-order valence-corrected chi connectivity index (χ0v) is 47.6. The number of rotatable bonds is 10. The minimum atomic E-state index is 0.0534. The van der Waals surface area contributed by atoms with Crippen LogP contribution in [0.25, 0.3) is 107 Å². The second-order valence-electron chi connectivity index (χ2n) is 22.4. The minimum Gasteiger partial charge on any atom is -0.311 e. The van der Waals surface area contributed by atoms with Gasteiger partial charge in [0, 0.05) is 78.3 Å². The fourth-order valence-corrected chi connectivity index (χ4v) is 13.3. The van der Waals surface area contributed by atoms with Gasteiger partial charge in [-0.1, -0.05) is 218 Å². The molecule has 17 rings (SSSR count). The standard InChI is InChI=1S/C79H51BN8/c1-5-24-52(25-6-1)66-51-67(57-32-21-30-55(48-57)56-31-22-35-60(49-56)87-72-43-20-16-39-65(72)80-64-38-15-19-42-71(64)86(59-33-11-4-12-34-59)73-44-23-45-74(87)75(73)80)82-79(81-66)63-50-58(46-47-70(63)88-68-40-17-13-36-61(68)62-37-14-18-41-69(62)88)78-84-76(53-26-7-2-8-27-53)83-77(85-78)54-28-9-3-10-29-54/h1-51H. The molecular formula is C79H51BN8. The Morgan fingerprint density at radius 2 is 0.682 bits per heavy atom. The Kier molecular flexibility index (Phi) is 12.1. The van der Waals surface area contributed by atoms with E-state index in [1.165, 1.54) is 33.5 Å². The van der Waals surface area contributed by atoms with Crippen molar-refractivity contribution >= 4 is 79.0 Å². The average molecular weight is 1120 g/mol. The van der Waals surface area contributed by atoms with Crippen LogP contribution < -0.4 is 26.2 Å². The topological polar surface area (TPSA) is 75.9 Å². The van der Waals surface area contributed by atoms with Crippen molar-refractivity contribution in [3.63, 3.8) is 0 Å². The molecule has 15 aromatic rings. The molecule has 0 amide bonds. The van der Waals surface area contributed by atoms with E-state index >= 15 is 0 Å². The first-order valence-electron chi connectivity index (χ1n) is 29.8. The number of hydrogen-bond donors (Lipinski definition) is 0. The molecule has 0 spiro atoms. The molecule has 2 aliphatic heterocycles. The fourth-order valence-electron chi connectivity index (χ4n) is 13.3. The molecule has 3 aromatic heterocycles. The Balaban J connectivity index is 0.829. The van der Waals surface area contributed by atoms with E-state index in [0.717, 1.165) is 100 Å². The Labute approximate surface area is 509 Å². The second kappa shape index (κ2) is 21.1. The highest BCUT2D eigenvalue weighted by molar-refractivity contribution is 7.00. The predicted molar refractivity (Wildman–Crippen MR) is 362 cm³/mol. The van der Waals surface area contributed by atoms with Crippen molar-refractivity contribution in [3.05, 3.63) is 309 Å². The van der Waals surface area contributed by atoms with Crippen LogP contribution >= 0.6 is 0 Å². The molecule has 0 radical (unpaired) electrons. The highest BCUT2D eigenvalue weighted by Crippen LogP contribution is 2.45. The van der Waals surface area contributed by atoms with Gasteiger partial charge in [-0.3, -0.25) is 0 Å². The summed E-state index contributed by atoms with van der Waals surface area (Å²) in [6.45, 7) is 0.0534. The summed E-state index contributed by atoms with van der Waals surface area (Å²) in [5.41, 5.74) is 22.9. The Morgan fingerprint density at radius 1 is 0.250 bits per heavy atom. The Hall–Kier alpha value is -11.8. The van der Waals surface area contributed by atoms with Crippen molar-refractivity contribution < 1.29 is 0 Å². The van der Waals surface area contributed by atoms with E-state index in [-0.39, 0.29) is 6.71 Å².